The molecule has 0 spiro atoms. The minimum absolute atomic E-state index is 0.153. The Balaban J connectivity index is 1.80. The van der Waals surface area contributed by atoms with Crippen molar-refractivity contribution in [3.05, 3.63) is 12.2 Å². The first-order chi connectivity index (χ1) is 11.9. The fraction of sp³-hybridized carbons (Fsp3) is 0.842. The number of hydrogen-bond acceptors (Lipinski definition) is 4. The van der Waals surface area contributed by atoms with E-state index in [1.807, 2.05) is 7.05 Å². The van der Waals surface area contributed by atoms with E-state index in [1.165, 1.54) is 5.57 Å². The third-order valence-electron chi connectivity index (χ3n) is 5.60. The molecule has 2 aliphatic heterocycles. The van der Waals surface area contributed by atoms with Crippen molar-refractivity contribution in [2.24, 2.45) is 4.99 Å². The fourth-order valence-corrected chi connectivity index (χ4v) is 3.79. The second-order valence-corrected chi connectivity index (χ2v) is 7.81. The molecule has 0 radical (unpaired) electrons. The summed E-state index contributed by atoms with van der Waals surface area (Å²) in [6.07, 6.45) is 4.42. The van der Waals surface area contributed by atoms with Crippen molar-refractivity contribution in [2.75, 3.05) is 60.5 Å². The Labute approximate surface area is 153 Å². The molecule has 0 bridgehead atoms. The van der Waals surface area contributed by atoms with Crippen molar-refractivity contribution in [3.8, 4) is 0 Å². The maximum absolute atomic E-state index is 5.56. The predicted molar refractivity (Wildman–Crippen MR) is 105 cm³/mol. The number of hydrogen-bond donors (Lipinski definition) is 2. The number of rotatable bonds is 6. The molecule has 0 unspecified atom stereocenters. The molecule has 2 aliphatic rings. The third kappa shape index (κ3) is 5.97. The monoisotopic (exact) mass is 351 g/mol. The first-order valence-electron chi connectivity index (χ1n) is 9.54. The van der Waals surface area contributed by atoms with Crippen LogP contribution in [0.2, 0.25) is 0 Å². The standard InChI is InChI=1S/C19H37N5O/c1-16(2)14-24-10-6-17(7-11-24)22-18(20-3)21-15-19(23(4)5)8-12-25-13-9-19/h17H,1,6-15H2,2-5H3,(H2,20,21,22). The molecule has 2 heterocycles. The van der Waals surface area contributed by atoms with Gasteiger partial charge in [-0.2, -0.15) is 0 Å². The van der Waals surface area contributed by atoms with Gasteiger partial charge in [0.2, 0.25) is 0 Å². The quantitative estimate of drug-likeness (QED) is 0.429. The van der Waals surface area contributed by atoms with Gasteiger partial charge in [-0.3, -0.25) is 9.89 Å². The summed E-state index contributed by atoms with van der Waals surface area (Å²) in [5.41, 5.74) is 1.40. The number of ether oxygens (including phenoxy) is 1. The molecule has 2 saturated heterocycles. The normalized spacial score (nSPS) is 22.8. The second kappa shape index (κ2) is 9.55. The van der Waals surface area contributed by atoms with Gasteiger partial charge >= 0.3 is 0 Å². The van der Waals surface area contributed by atoms with Gasteiger partial charge in [0, 0.05) is 58.0 Å². The number of likely N-dealkylation sites (N-methyl/N-ethyl adjacent to an activating group) is 1. The SMILES string of the molecule is C=C(C)CN1CCC(NC(=NC)NCC2(N(C)C)CCOCC2)CC1. The zero-order valence-electron chi connectivity index (χ0n) is 16.6. The van der Waals surface area contributed by atoms with E-state index in [0.29, 0.717) is 6.04 Å². The molecule has 144 valence electrons. The van der Waals surface area contributed by atoms with E-state index >= 15 is 0 Å². The van der Waals surface area contributed by atoms with Crippen LogP contribution in [0, 0.1) is 0 Å². The summed E-state index contributed by atoms with van der Waals surface area (Å²) in [5, 5.41) is 7.18. The molecular formula is C19H37N5O. The molecule has 25 heavy (non-hydrogen) atoms. The van der Waals surface area contributed by atoms with Gasteiger partial charge < -0.3 is 20.3 Å². The van der Waals surface area contributed by atoms with Crippen LogP contribution < -0.4 is 10.6 Å². The highest BCUT2D eigenvalue weighted by atomic mass is 16.5. The Bertz CT molecular complexity index is 449. The summed E-state index contributed by atoms with van der Waals surface area (Å²) in [6, 6.07) is 0.498. The van der Waals surface area contributed by atoms with Crippen molar-refractivity contribution in [3.63, 3.8) is 0 Å². The first kappa shape index (κ1) is 20.2. The molecule has 2 N–H and O–H groups in total. The van der Waals surface area contributed by atoms with Gasteiger partial charge in [0.05, 0.1) is 0 Å². The molecule has 0 atom stereocenters. The lowest BCUT2D eigenvalue weighted by atomic mass is 9.88. The summed E-state index contributed by atoms with van der Waals surface area (Å²) in [7, 11) is 6.19. The maximum Gasteiger partial charge on any atom is 0.191 e. The van der Waals surface area contributed by atoms with E-state index in [9.17, 15) is 0 Å². The van der Waals surface area contributed by atoms with Crippen LogP contribution in [0.4, 0.5) is 0 Å². The Morgan fingerprint density at radius 1 is 1.28 bits per heavy atom. The van der Waals surface area contributed by atoms with Crippen molar-refractivity contribution < 1.29 is 4.74 Å². The lowest BCUT2D eigenvalue weighted by molar-refractivity contribution is -0.00504. The van der Waals surface area contributed by atoms with Gasteiger partial charge in [0.25, 0.3) is 0 Å². The average molecular weight is 352 g/mol. The molecular weight excluding hydrogens is 314 g/mol. The van der Waals surface area contributed by atoms with Crippen LogP contribution in [-0.4, -0.2) is 87.9 Å². The second-order valence-electron chi connectivity index (χ2n) is 7.81. The van der Waals surface area contributed by atoms with Gasteiger partial charge in [-0.05, 0) is 46.7 Å². The van der Waals surface area contributed by atoms with Gasteiger partial charge in [-0.15, -0.1) is 0 Å². The molecule has 6 nitrogen and oxygen atoms in total. The minimum Gasteiger partial charge on any atom is -0.381 e. The zero-order valence-corrected chi connectivity index (χ0v) is 16.6. The first-order valence-corrected chi connectivity index (χ1v) is 9.54. The highest BCUT2D eigenvalue weighted by Gasteiger charge is 2.35. The highest BCUT2D eigenvalue weighted by molar-refractivity contribution is 5.80. The average Bonchev–Trinajstić information content (AvgIpc) is 2.60. The number of nitrogens with zero attached hydrogens (tertiary/aromatic N) is 3. The lowest BCUT2D eigenvalue weighted by Crippen LogP contribution is -2.58. The number of guanidine groups is 1. The van der Waals surface area contributed by atoms with Crippen LogP contribution in [0.15, 0.2) is 17.1 Å². The zero-order chi connectivity index (χ0) is 18.3. The molecule has 2 rings (SSSR count). The lowest BCUT2D eigenvalue weighted by Gasteiger charge is -2.43. The van der Waals surface area contributed by atoms with Crippen molar-refractivity contribution >= 4 is 5.96 Å². The summed E-state index contributed by atoms with van der Waals surface area (Å²) >= 11 is 0. The predicted octanol–water partition coefficient (Wildman–Crippen LogP) is 1.30. The van der Waals surface area contributed by atoms with E-state index < -0.39 is 0 Å². The Morgan fingerprint density at radius 3 is 2.44 bits per heavy atom. The van der Waals surface area contributed by atoms with E-state index in [-0.39, 0.29) is 5.54 Å². The fourth-order valence-electron chi connectivity index (χ4n) is 3.79. The third-order valence-corrected chi connectivity index (χ3v) is 5.60. The summed E-state index contributed by atoms with van der Waals surface area (Å²) < 4.78 is 5.56. The Kier molecular flexibility index (Phi) is 7.72. The van der Waals surface area contributed by atoms with Crippen LogP contribution in [0.5, 0.6) is 0 Å². The molecule has 2 fully saturated rings. The molecule has 0 saturated carbocycles. The van der Waals surface area contributed by atoms with E-state index in [0.717, 1.165) is 71.0 Å². The van der Waals surface area contributed by atoms with Crippen molar-refractivity contribution in [1.29, 1.82) is 0 Å². The summed E-state index contributed by atoms with van der Waals surface area (Å²) in [4.78, 5) is 9.27. The highest BCUT2D eigenvalue weighted by Crippen LogP contribution is 2.25. The number of aliphatic imine (C=N–C) groups is 1. The molecule has 0 aromatic heterocycles. The molecule has 0 aromatic carbocycles. The molecule has 0 amide bonds. The van der Waals surface area contributed by atoms with E-state index in [4.69, 9.17) is 4.74 Å². The molecule has 0 aromatic rings. The Hall–Kier alpha value is -1.11. The van der Waals surface area contributed by atoms with E-state index in [1.54, 1.807) is 0 Å². The number of piperidine rings is 1. The molecule has 6 heteroatoms. The smallest absolute Gasteiger partial charge is 0.191 e. The molecule has 0 aliphatic carbocycles. The summed E-state index contributed by atoms with van der Waals surface area (Å²) in [5.74, 6) is 0.922. The number of nitrogens with one attached hydrogen (secondary N) is 2. The van der Waals surface area contributed by atoms with Gasteiger partial charge in [0.1, 0.15) is 0 Å². The maximum atomic E-state index is 5.56. The van der Waals surface area contributed by atoms with Crippen LogP contribution in [-0.2, 0) is 4.74 Å². The number of likely N-dealkylation sites (tertiary alicyclic amines) is 1. The minimum atomic E-state index is 0.153. The van der Waals surface area contributed by atoms with Gasteiger partial charge in [0.15, 0.2) is 5.96 Å². The van der Waals surface area contributed by atoms with Crippen LogP contribution in [0.25, 0.3) is 0 Å². The van der Waals surface area contributed by atoms with Gasteiger partial charge in [-0.25, -0.2) is 0 Å². The van der Waals surface area contributed by atoms with E-state index in [2.05, 4.69) is 53.0 Å². The topological polar surface area (TPSA) is 52.1 Å². The van der Waals surface area contributed by atoms with Crippen LogP contribution >= 0.6 is 0 Å². The van der Waals surface area contributed by atoms with Crippen LogP contribution in [0.3, 0.4) is 0 Å². The summed E-state index contributed by atoms with van der Waals surface area (Å²) in [6.45, 7) is 12.0. The van der Waals surface area contributed by atoms with Gasteiger partial charge in [-0.1, -0.05) is 12.2 Å². The Morgan fingerprint density at radius 2 is 1.92 bits per heavy atom. The van der Waals surface area contributed by atoms with Crippen molar-refractivity contribution in [1.82, 2.24) is 20.4 Å². The van der Waals surface area contributed by atoms with Crippen LogP contribution in [0.1, 0.15) is 32.6 Å². The van der Waals surface area contributed by atoms with Crippen molar-refractivity contribution in [2.45, 2.75) is 44.2 Å². The largest absolute Gasteiger partial charge is 0.381 e.